The van der Waals surface area contributed by atoms with Crippen LogP contribution in [0.15, 0.2) is 36.5 Å². The molecule has 1 amide bonds. The summed E-state index contributed by atoms with van der Waals surface area (Å²) in [6.45, 7) is 2.95. The summed E-state index contributed by atoms with van der Waals surface area (Å²) in [5, 5.41) is 11.2. The molecule has 2 N–H and O–H groups in total. The lowest BCUT2D eigenvalue weighted by Gasteiger charge is -2.29. The molecule has 0 saturated carbocycles. The molecule has 1 saturated heterocycles. The van der Waals surface area contributed by atoms with E-state index in [-0.39, 0.29) is 23.0 Å². The molecule has 4 heterocycles. The van der Waals surface area contributed by atoms with Gasteiger partial charge in [0.2, 0.25) is 6.10 Å². The van der Waals surface area contributed by atoms with Crippen molar-refractivity contribution < 1.29 is 22.7 Å². The largest absolute Gasteiger partial charge is 0.431 e. The normalized spacial score (nSPS) is 23.9. The fraction of sp³-hybridized carbons (Fsp3) is 0.381. The van der Waals surface area contributed by atoms with Crippen LogP contribution in [0.4, 0.5) is 23.8 Å². The zero-order valence-electron chi connectivity index (χ0n) is 16.6. The molecule has 0 aliphatic carbocycles. The average molecular weight is 431 g/mol. The Morgan fingerprint density at radius 1 is 1.23 bits per heavy atom. The highest BCUT2D eigenvalue weighted by Gasteiger charge is 2.49. The van der Waals surface area contributed by atoms with Gasteiger partial charge < -0.3 is 10.1 Å². The molecule has 3 aromatic rings. The van der Waals surface area contributed by atoms with E-state index in [1.165, 1.54) is 12.3 Å². The molecule has 0 radical (unpaired) electrons. The number of halogens is 3. The highest BCUT2D eigenvalue weighted by molar-refractivity contribution is 5.97. The predicted molar refractivity (Wildman–Crippen MR) is 108 cm³/mol. The maximum Gasteiger partial charge on any atom is 0.430 e. The Balaban J connectivity index is 1.71. The van der Waals surface area contributed by atoms with Gasteiger partial charge in [-0.3, -0.25) is 10.00 Å². The highest BCUT2D eigenvalue weighted by Crippen LogP contribution is 2.46. The van der Waals surface area contributed by atoms with Gasteiger partial charge in [-0.25, -0.2) is 9.78 Å². The van der Waals surface area contributed by atoms with Crippen molar-refractivity contribution in [3.05, 3.63) is 42.1 Å². The summed E-state index contributed by atoms with van der Waals surface area (Å²) in [6, 6.07) is 9.42. The number of hydrogen-bond acceptors (Lipinski definition) is 5. The first kappa shape index (κ1) is 19.8. The molecule has 2 aliphatic heterocycles. The van der Waals surface area contributed by atoms with Crippen molar-refractivity contribution in [1.82, 2.24) is 20.1 Å². The molecule has 3 atom stereocenters. The van der Waals surface area contributed by atoms with Crippen LogP contribution in [0.25, 0.3) is 22.2 Å². The van der Waals surface area contributed by atoms with Crippen LogP contribution in [0.5, 0.6) is 0 Å². The van der Waals surface area contributed by atoms with Crippen molar-refractivity contribution in [3.63, 3.8) is 0 Å². The lowest BCUT2D eigenvalue weighted by Crippen LogP contribution is -2.37. The number of anilines is 1. The lowest BCUT2D eigenvalue weighted by atomic mass is 9.97. The minimum Gasteiger partial charge on any atom is -0.431 e. The maximum atomic E-state index is 13.8. The van der Waals surface area contributed by atoms with Crippen LogP contribution in [0.2, 0.25) is 0 Å². The first-order chi connectivity index (χ1) is 14.8. The van der Waals surface area contributed by atoms with E-state index in [0.717, 1.165) is 30.3 Å². The van der Waals surface area contributed by atoms with E-state index < -0.39 is 18.4 Å². The van der Waals surface area contributed by atoms with E-state index in [1.807, 2.05) is 28.9 Å². The molecule has 5 rings (SSSR count). The number of pyridine rings is 1. The van der Waals surface area contributed by atoms with Crippen molar-refractivity contribution in [2.75, 3.05) is 11.9 Å². The van der Waals surface area contributed by atoms with Gasteiger partial charge in [-0.15, -0.1) is 0 Å². The van der Waals surface area contributed by atoms with E-state index in [0.29, 0.717) is 11.7 Å². The van der Waals surface area contributed by atoms with E-state index in [4.69, 9.17) is 5.10 Å². The number of fused-ring (bicyclic) bond motifs is 2. The van der Waals surface area contributed by atoms with Crippen molar-refractivity contribution >= 4 is 22.8 Å². The number of cyclic esters (lactones) is 1. The van der Waals surface area contributed by atoms with E-state index in [9.17, 15) is 18.0 Å². The van der Waals surface area contributed by atoms with Crippen LogP contribution >= 0.6 is 0 Å². The van der Waals surface area contributed by atoms with Gasteiger partial charge in [0.05, 0.1) is 17.1 Å². The summed E-state index contributed by atoms with van der Waals surface area (Å²) in [6.07, 6.45) is -5.28. The zero-order valence-corrected chi connectivity index (χ0v) is 16.6. The van der Waals surface area contributed by atoms with Crippen molar-refractivity contribution in [1.29, 1.82) is 0 Å². The van der Waals surface area contributed by atoms with Gasteiger partial charge in [0.1, 0.15) is 11.5 Å². The quantitative estimate of drug-likeness (QED) is 0.621. The summed E-state index contributed by atoms with van der Waals surface area (Å²) in [5.74, 6) is -0.162. The number of alkyl halides is 3. The second-order valence-electron chi connectivity index (χ2n) is 7.92. The number of carbonyl (C=O) groups is 1. The fourth-order valence-corrected chi connectivity index (χ4v) is 4.46. The van der Waals surface area contributed by atoms with Crippen LogP contribution in [0.1, 0.15) is 37.5 Å². The smallest absolute Gasteiger partial charge is 0.430 e. The number of amides is 1. The Morgan fingerprint density at radius 2 is 2.03 bits per heavy atom. The van der Waals surface area contributed by atoms with Crippen LogP contribution in [0.3, 0.4) is 0 Å². The zero-order chi connectivity index (χ0) is 21.8. The predicted octanol–water partition coefficient (Wildman–Crippen LogP) is 4.58. The molecule has 1 aromatic carbocycles. The van der Waals surface area contributed by atoms with Crippen LogP contribution in [0, 0.1) is 0 Å². The molecule has 1 fully saturated rings. The van der Waals surface area contributed by atoms with Gasteiger partial charge in [0, 0.05) is 23.2 Å². The molecular weight excluding hydrogens is 411 g/mol. The van der Waals surface area contributed by atoms with Gasteiger partial charge >= 0.3 is 12.3 Å². The first-order valence-corrected chi connectivity index (χ1v) is 10.1. The minimum absolute atomic E-state index is 0.127. The number of hydrogen-bond donors (Lipinski definition) is 2. The van der Waals surface area contributed by atoms with Crippen LogP contribution < -0.4 is 10.6 Å². The Bertz CT molecular complexity index is 1160. The Kier molecular flexibility index (Phi) is 4.62. The summed E-state index contributed by atoms with van der Waals surface area (Å²) >= 11 is 0. The maximum absolute atomic E-state index is 13.8. The molecule has 0 spiro atoms. The minimum atomic E-state index is -4.78. The molecule has 2 aliphatic rings. The Hall–Kier alpha value is -3.14. The number of benzene rings is 1. The fourth-order valence-electron chi connectivity index (χ4n) is 4.46. The van der Waals surface area contributed by atoms with E-state index in [1.54, 1.807) is 0 Å². The lowest BCUT2D eigenvalue weighted by molar-refractivity contribution is -0.206. The summed E-state index contributed by atoms with van der Waals surface area (Å²) in [5.41, 5.74) is 1.27. The Labute approximate surface area is 175 Å². The summed E-state index contributed by atoms with van der Waals surface area (Å²) in [7, 11) is 0. The summed E-state index contributed by atoms with van der Waals surface area (Å²) < 4.78 is 47.9. The molecule has 0 unspecified atom stereocenters. The highest BCUT2D eigenvalue weighted by atomic mass is 19.4. The standard InChI is InChI=1S/C21H20F3N5O2/c1-11-10-12(6-8-25-11)29-15-5-3-2-4-13(15)17(28-29)14-7-9-26-19-16(14)18(21(22,23)24)31-20(30)27-19/h2-5,7,9,11-12,18,25H,6,8,10H2,1H3,(H,26,27,30)/t11-,12-,18+/m0/s1. The summed E-state index contributed by atoms with van der Waals surface area (Å²) in [4.78, 5) is 15.6. The van der Waals surface area contributed by atoms with Gasteiger partial charge in [-0.1, -0.05) is 18.2 Å². The van der Waals surface area contributed by atoms with Gasteiger partial charge in [-0.2, -0.15) is 18.3 Å². The number of piperidine rings is 1. The van der Waals surface area contributed by atoms with Gasteiger partial charge in [0.25, 0.3) is 0 Å². The number of para-hydroxylation sites is 1. The topological polar surface area (TPSA) is 81.1 Å². The van der Waals surface area contributed by atoms with Crippen molar-refractivity contribution in [2.45, 2.75) is 44.1 Å². The van der Waals surface area contributed by atoms with Gasteiger partial charge in [0.15, 0.2) is 0 Å². The average Bonchev–Trinajstić information content (AvgIpc) is 3.11. The number of nitrogens with zero attached hydrogens (tertiary/aromatic N) is 3. The SMILES string of the molecule is C[C@H]1C[C@@H](n2nc(-c3ccnc4c3[C@H](C(F)(F)F)OC(=O)N4)c3ccccc32)CCN1. The second kappa shape index (κ2) is 7.23. The van der Waals surface area contributed by atoms with E-state index >= 15 is 0 Å². The molecule has 162 valence electrons. The van der Waals surface area contributed by atoms with Crippen molar-refractivity contribution in [2.24, 2.45) is 0 Å². The first-order valence-electron chi connectivity index (χ1n) is 10.1. The third kappa shape index (κ3) is 3.40. The number of carbonyl (C=O) groups excluding carboxylic acids is 1. The monoisotopic (exact) mass is 431 g/mol. The molecule has 10 heteroatoms. The van der Waals surface area contributed by atoms with Crippen LogP contribution in [-0.4, -0.2) is 39.6 Å². The van der Waals surface area contributed by atoms with Gasteiger partial charge in [-0.05, 0) is 38.4 Å². The van der Waals surface area contributed by atoms with E-state index in [2.05, 4.69) is 27.3 Å². The number of nitrogens with one attached hydrogen (secondary N) is 2. The molecule has 0 bridgehead atoms. The Morgan fingerprint density at radius 3 is 2.81 bits per heavy atom. The number of rotatable bonds is 2. The third-order valence-electron chi connectivity index (χ3n) is 5.81. The van der Waals surface area contributed by atoms with Crippen LogP contribution in [-0.2, 0) is 4.74 Å². The molecular formula is C21H20F3N5O2. The number of aromatic nitrogens is 3. The third-order valence-corrected chi connectivity index (χ3v) is 5.81. The van der Waals surface area contributed by atoms with Crippen molar-refractivity contribution in [3.8, 4) is 11.3 Å². The molecule has 31 heavy (non-hydrogen) atoms. The molecule has 7 nitrogen and oxygen atoms in total. The number of ether oxygens (including phenoxy) is 1. The molecule has 2 aromatic heterocycles. The second-order valence-corrected chi connectivity index (χ2v) is 7.92.